The maximum absolute atomic E-state index is 12.1. The van der Waals surface area contributed by atoms with Crippen LogP contribution in [-0.2, 0) is 6.54 Å². The quantitative estimate of drug-likeness (QED) is 0.473. The predicted molar refractivity (Wildman–Crippen MR) is 71.2 cm³/mol. The van der Waals surface area contributed by atoms with Crippen LogP contribution in [0.25, 0.3) is 0 Å². The van der Waals surface area contributed by atoms with Crippen LogP contribution in [0.1, 0.15) is 12.5 Å². The topological polar surface area (TPSA) is 59.6 Å². The van der Waals surface area contributed by atoms with E-state index in [1.54, 1.807) is 12.1 Å². The zero-order valence-corrected chi connectivity index (χ0v) is 10.7. The van der Waals surface area contributed by atoms with E-state index in [2.05, 4.69) is 21.6 Å². The van der Waals surface area contributed by atoms with Crippen molar-refractivity contribution >= 4 is 5.96 Å². The first-order chi connectivity index (χ1) is 8.97. The minimum Gasteiger partial charge on any atom is -0.435 e. The molecule has 104 valence electrons. The third-order valence-corrected chi connectivity index (χ3v) is 2.13. The molecule has 1 rings (SSSR count). The molecule has 0 bridgehead atoms. The highest BCUT2D eigenvalue weighted by Crippen LogP contribution is 2.16. The molecule has 19 heavy (non-hydrogen) atoms. The van der Waals surface area contributed by atoms with Gasteiger partial charge in [0.15, 0.2) is 5.96 Å². The monoisotopic (exact) mass is 269 g/mol. The fourth-order valence-electron chi connectivity index (χ4n) is 1.29. The number of aliphatic imine (C=N–C) groups is 1. The van der Waals surface area contributed by atoms with Gasteiger partial charge in [0.1, 0.15) is 5.75 Å². The van der Waals surface area contributed by atoms with E-state index in [1.807, 2.05) is 6.92 Å². The van der Waals surface area contributed by atoms with Crippen molar-refractivity contribution < 1.29 is 13.5 Å². The highest BCUT2D eigenvalue weighted by Gasteiger charge is 2.04. The summed E-state index contributed by atoms with van der Waals surface area (Å²) in [6.45, 7) is 3.59. The molecular formula is C13H17F2N3O. The smallest absolute Gasteiger partial charge is 0.387 e. The summed E-state index contributed by atoms with van der Waals surface area (Å²) in [6.07, 6.45) is 0. The van der Waals surface area contributed by atoms with E-state index in [1.165, 1.54) is 12.1 Å². The standard InChI is InChI=1S/C13H17F2N3O/c1-9(2)7-17-13(16)18-8-10-4-3-5-11(6-10)19-12(14)15/h3-6,12H,1,7-8H2,2H3,(H3,16,17,18). The highest BCUT2D eigenvalue weighted by molar-refractivity contribution is 5.78. The van der Waals surface area contributed by atoms with E-state index in [4.69, 9.17) is 5.73 Å². The van der Waals surface area contributed by atoms with Crippen molar-refractivity contribution in [3.8, 4) is 5.75 Å². The van der Waals surface area contributed by atoms with Gasteiger partial charge < -0.3 is 15.8 Å². The lowest BCUT2D eigenvalue weighted by Gasteiger charge is -2.07. The van der Waals surface area contributed by atoms with Gasteiger partial charge in [0.25, 0.3) is 0 Å². The van der Waals surface area contributed by atoms with Crippen LogP contribution in [0.5, 0.6) is 5.75 Å². The van der Waals surface area contributed by atoms with Crippen LogP contribution < -0.4 is 15.8 Å². The summed E-state index contributed by atoms with van der Waals surface area (Å²) in [5.41, 5.74) is 7.31. The minimum atomic E-state index is -2.83. The summed E-state index contributed by atoms with van der Waals surface area (Å²) in [7, 11) is 0. The van der Waals surface area contributed by atoms with E-state index >= 15 is 0 Å². The van der Waals surface area contributed by atoms with Gasteiger partial charge in [-0.15, -0.1) is 0 Å². The first-order valence-electron chi connectivity index (χ1n) is 5.69. The molecule has 0 aromatic heterocycles. The fraction of sp³-hybridized carbons (Fsp3) is 0.308. The Bertz CT molecular complexity index is 461. The van der Waals surface area contributed by atoms with Crippen LogP contribution in [0.3, 0.4) is 0 Å². The van der Waals surface area contributed by atoms with Gasteiger partial charge in [-0.25, -0.2) is 4.99 Å². The largest absolute Gasteiger partial charge is 0.435 e. The van der Waals surface area contributed by atoms with E-state index < -0.39 is 6.61 Å². The van der Waals surface area contributed by atoms with Crippen LogP contribution in [0, 0.1) is 0 Å². The molecule has 0 saturated carbocycles. The lowest BCUT2D eigenvalue weighted by molar-refractivity contribution is -0.0498. The Balaban J connectivity index is 2.56. The summed E-state index contributed by atoms with van der Waals surface area (Å²) in [4.78, 5) is 4.09. The molecule has 6 heteroatoms. The van der Waals surface area contributed by atoms with Crippen molar-refractivity contribution in [1.29, 1.82) is 0 Å². The molecule has 0 aliphatic heterocycles. The van der Waals surface area contributed by atoms with Gasteiger partial charge in [-0.3, -0.25) is 0 Å². The molecule has 0 atom stereocenters. The van der Waals surface area contributed by atoms with Crippen LogP contribution >= 0.6 is 0 Å². The number of halogens is 2. The summed E-state index contributed by atoms with van der Waals surface area (Å²) in [5.74, 6) is 0.388. The normalized spacial score (nSPS) is 11.5. The fourth-order valence-corrected chi connectivity index (χ4v) is 1.29. The van der Waals surface area contributed by atoms with Crippen molar-refractivity contribution in [1.82, 2.24) is 5.32 Å². The molecule has 1 aromatic rings. The molecule has 0 spiro atoms. The maximum atomic E-state index is 12.1. The minimum absolute atomic E-state index is 0.108. The van der Waals surface area contributed by atoms with Gasteiger partial charge in [0.2, 0.25) is 0 Å². The Morgan fingerprint density at radius 2 is 2.26 bits per heavy atom. The van der Waals surface area contributed by atoms with Crippen molar-refractivity contribution in [2.24, 2.45) is 10.7 Å². The third kappa shape index (κ3) is 6.40. The number of nitrogens with zero attached hydrogens (tertiary/aromatic N) is 1. The molecule has 0 fully saturated rings. The first-order valence-corrected chi connectivity index (χ1v) is 5.69. The number of alkyl halides is 2. The zero-order valence-electron chi connectivity index (χ0n) is 10.7. The third-order valence-electron chi connectivity index (χ3n) is 2.13. The second kappa shape index (κ2) is 7.35. The van der Waals surface area contributed by atoms with Gasteiger partial charge in [-0.2, -0.15) is 8.78 Å². The molecular weight excluding hydrogens is 252 g/mol. The molecule has 0 amide bonds. The van der Waals surface area contributed by atoms with Crippen molar-refractivity contribution in [3.05, 3.63) is 42.0 Å². The molecule has 0 saturated heterocycles. The lowest BCUT2D eigenvalue weighted by Crippen LogP contribution is -2.32. The number of nitrogens with one attached hydrogen (secondary N) is 1. The van der Waals surface area contributed by atoms with Crippen molar-refractivity contribution in [3.63, 3.8) is 0 Å². The van der Waals surface area contributed by atoms with Crippen LogP contribution in [0.4, 0.5) is 8.78 Å². The Morgan fingerprint density at radius 3 is 2.89 bits per heavy atom. The highest BCUT2D eigenvalue weighted by atomic mass is 19.3. The molecule has 3 N–H and O–H groups in total. The van der Waals surface area contributed by atoms with Crippen molar-refractivity contribution in [2.45, 2.75) is 20.1 Å². The van der Waals surface area contributed by atoms with Gasteiger partial charge in [0, 0.05) is 6.54 Å². The molecule has 0 radical (unpaired) electrons. The van der Waals surface area contributed by atoms with Gasteiger partial charge >= 0.3 is 6.61 Å². The van der Waals surface area contributed by atoms with E-state index in [0.29, 0.717) is 6.54 Å². The zero-order chi connectivity index (χ0) is 14.3. The second-order valence-electron chi connectivity index (χ2n) is 4.04. The first kappa shape index (κ1) is 14.9. The maximum Gasteiger partial charge on any atom is 0.387 e. The number of hydrogen-bond donors (Lipinski definition) is 2. The summed E-state index contributed by atoms with van der Waals surface area (Å²) < 4.78 is 28.4. The number of hydrogen-bond acceptors (Lipinski definition) is 2. The van der Waals surface area contributed by atoms with Gasteiger partial charge in [0.05, 0.1) is 6.54 Å². The van der Waals surface area contributed by atoms with Gasteiger partial charge in [-0.05, 0) is 24.6 Å². The average Bonchev–Trinajstić information content (AvgIpc) is 2.33. The Labute approximate surface area is 111 Å². The van der Waals surface area contributed by atoms with E-state index in [0.717, 1.165) is 11.1 Å². The van der Waals surface area contributed by atoms with Gasteiger partial charge in [-0.1, -0.05) is 24.3 Å². The summed E-state index contributed by atoms with van der Waals surface area (Å²) >= 11 is 0. The molecule has 0 heterocycles. The second-order valence-corrected chi connectivity index (χ2v) is 4.04. The molecule has 0 aliphatic rings. The van der Waals surface area contributed by atoms with Crippen LogP contribution in [0.15, 0.2) is 41.4 Å². The van der Waals surface area contributed by atoms with E-state index in [-0.39, 0.29) is 18.3 Å². The average molecular weight is 269 g/mol. The number of benzene rings is 1. The molecule has 0 aliphatic carbocycles. The SMILES string of the molecule is C=C(C)CNC(N)=NCc1cccc(OC(F)F)c1. The predicted octanol–water partition coefficient (Wildman–Crippen LogP) is 2.27. The summed E-state index contributed by atoms with van der Waals surface area (Å²) in [5, 5.41) is 2.88. The Morgan fingerprint density at radius 1 is 1.53 bits per heavy atom. The molecule has 0 unspecified atom stereocenters. The molecule has 4 nitrogen and oxygen atoms in total. The summed E-state index contributed by atoms with van der Waals surface area (Å²) in [6, 6.07) is 6.34. The van der Waals surface area contributed by atoms with Crippen LogP contribution in [0.2, 0.25) is 0 Å². The number of ether oxygens (including phenoxy) is 1. The number of nitrogens with two attached hydrogens (primary N) is 1. The number of guanidine groups is 1. The van der Waals surface area contributed by atoms with Crippen molar-refractivity contribution in [2.75, 3.05) is 6.54 Å². The van der Waals surface area contributed by atoms with E-state index in [9.17, 15) is 8.78 Å². The van der Waals surface area contributed by atoms with Crippen LogP contribution in [-0.4, -0.2) is 19.1 Å². The number of rotatable bonds is 6. The Hall–Kier alpha value is -2.11. The Kier molecular flexibility index (Phi) is 5.78. The lowest BCUT2D eigenvalue weighted by atomic mass is 10.2. The molecule has 1 aromatic carbocycles.